The zero-order valence-corrected chi connectivity index (χ0v) is 4.15. The lowest BCUT2D eigenvalue weighted by Crippen LogP contribution is -1.74. The Balaban J connectivity index is 2.45. The third-order valence-corrected chi connectivity index (χ3v) is 0.831. The highest BCUT2D eigenvalue weighted by molar-refractivity contribution is 4.88. The van der Waals surface area contributed by atoms with Gasteiger partial charge in [0.2, 0.25) is 0 Å². The molecule has 0 amide bonds. The Morgan fingerprint density at radius 2 is 2.29 bits per heavy atom. The summed E-state index contributed by atoms with van der Waals surface area (Å²) in [4.78, 5) is 2.12. The van der Waals surface area contributed by atoms with Crippen molar-refractivity contribution in [1.82, 2.24) is 4.90 Å². The van der Waals surface area contributed by atoms with E-state index in [0.29, 0.717) is 0 Å². The molecule has 0 spiro atoms. The topological polar surface area (TPSA) is 3.01 Å². The Hall–Kier alpha value is -0.900. The monoisotopic (exact) mass is 93.1 g/mol. The maximum Gasteiger partial charge on any atom is 0.0509 e. The Morgan fingerprint density at radius 3 is 2.71 bits per heavy atom. The lowest BCUT2D eigenvalue weighted by atomic mass is 10.8. The maximum absolute atomic E-state index is 3.37. The average Bonchev–Trinajstić information content (AvgIpc) is 2.42. The zero-order chi connectivity index (χ0) is 5.11. The molecule has 0 atom stereocenters. The lowest BCUT2D eigenvalue weighted by Gasteiger charge is -1.77. The van der Waals surface area contributed by atoms with Gasteiger partial charge in [0.15, 0.2) is 0 Å². The van der Waals surface area contributed by atoms with E-state index in [-0.39, 0.29) is 0 Å². The summed E-state index contributed by atoms with van der Waals surface area (Å²) in [5.41, 5.74) is 5.29. The van der Waals surface area contributed by atoms with Crippen molar-refractivity contribution in [3.05, 3.63) is 24.2 Å². The van der Waals surface area contributed by atoms with E-state index in [2.05, 4.69) is 22.9 Å². The van der Waals surface area contributed by atoms with Crippen LogP contribution in [-0.4, -0.2) is 18.0 Å². The predicted molar refractivity (Wildman–Crippen MR) is 28.8 cm³/mol. The number of nitrogens with zero attached hydrogens (tertiary/aromatic N) is 1. The second-order valence-electron chi connectivity index (χ2n) is 1.49. The molecule has 0 radical (unpaired) electrons. The van der Waals surface area contributed by atoms with E-state index in [9.17, 15) is 0 Å². The molecule has 1 heteroatoms. The van der Waals surface area contributed by atoms with E-state index >= 15 is 0 Å². The molecule has 0 unspecified atom stereocenters. The van der Waals surface area contributed by atoms with Crippen molar-refractivity contribution in [2.45, 2.75) is 0 Å². The molecular formula is C6H7N. The maximum atomic E-state index is 3.37. The smallest absolute Gasteiger partial charge is 0.0509 e. The summed E-state index contributed by atoms with van der Waals surface area (Å²) in [6.45, 7) is 5.72. The minimum absolute atomic E-state index is 1.18. The van der Waals surface area contributed by atoms with Crippen LogP contribution in [0, 0.1) is 0 Å². The van der Waals surface area contributed by atoms with Crippen LogP contribution in [0.25, 0.3) is 0 Å². The van der Waals surface area contributed by atoms with Crippen molar-refractivity contribution in [2.75, 3.05) is 13.1 Å². The molecule has 0 aromatic heterocycles. The van der Waals surface area contributed by atoms with Gasteiger partial charge in [-0.25, -0.2) is 0 Å². The van der Waals surface area contributed by atoms with Gasteiger partial charge in [-0.1, -0.05) is 11.5 Å². The third kappa shape index (κ3) is 1.32. The third-order valence-electron chi connectivity index (χ3n) is 0.831. The first kappa shape index (κ1) is 4.26. The van der Waals surface area contributed by atoms with Gasteiger partial charge in [0.1, 0.15) is 0 Å². The molecule has 7 heavy (non-hydrogen) atoms. The highest BCUT2D eigenvalue weighted by atomic mass is 15.2. The standard InChI is InChI=1S/C6H7N/c1-2-3-4-7-5-6-7/h4H,1,5-6H2. The first-order chi connectivity index (χ1) is 3.43. The number of hydrogen-bond acceptors (Lipinski definition) is 1. The van der Waals surface area contributed by atoms with Crippen LogP contribution in [-0.2, 0) is 0 Å². The number of rotatable bonds is 1. The molecule has 1 aliphatic heterocycles. The van der Waals surface area contributed by atoms with E-state index in [1.807, 2.05) is 6.20 Å². The Morgan fingerprint density at radius 1 is 1.57 bits per heavy atom. The highest BCUT2D eigenvalue weighted by Crippen LogP contribution is 2.00. The Kier molecular flexibility index (Phi) is 1.04. The largest absolute Gasteiger partial charge is 0.367 e. The first-order valence-electron chi connectivity index (χ1n) is 2.28. The van der Waals surface area contributed by atoms with Gasteiger partial charge in [-0.05, 0) is 6.58 Å². The minimum atomic E-state index is 1.18. The quantitative estimate of drug-likeness (QED) is 0.341. The zero-order valence-electron chi connectivity index (χ0n) is 4.15. The van der Waals surface area contributed by atoms with Gasteiger partial charge in [-0.2, -0.15) is 0 Å². The summed E-state index contributed by atoms with van der Waals surface area (Å²) in [5.74, 6) is 0. The van der Waals surface area contributed by atoms with Crippen molar-refractivity contribution >= 4 is 0 Å². The Bertz CT molecular complexity index is 132. The van der Waals surface area contributed by atoms with Crippen molar-refractivity contribution in [3.8, 4) is 0 Å². The van der Waals surface area contributed by atoms with Crippen LogP contribution in [0.5, 0.6) is 0 Å². The van der Waals surface area contributed by atoms with E-state index in [4.69, 9.17) is 0 Å². The van der Waals surface area contributed by atoms with Crippen LogP contribution in [0.15, 0.2) is 24.2 Å². The van der Waals surface area contributed by atoms with E-state index in [0.717, 1.165) is 0 Å². The second kappa shape index (κ2) is 1.70. The second-order valence-corrected chi connectivity index (χ2v) is 1.49. The van der Waals surface area contributed by atoms with Crippen LogP contribution in [0.4, 0.5) is 0 Å². The molecule has 0 aromatic carbocycles. The van der Waals surface area contributed by atoms with Crippen molar-refractivity contribution < 1.29 is 0 Å². The molecule has 1 saturated heterocycles. The fourth-order valence-electron chi connectivity index (χ4n) is 0.324. The molecule has 1 heterocycles. The molecular weight excluding hydrogens is 86.1 g/mol. The SMILES string of the molecule is C=C=C=CN1CC1. The van der Waals surface area contributed by atoms with Crippen LogP contribution >= 0.6 is 0 Å². The molecule has 1 aliphatic rings. The van der Waals surface area contributed by atoms with E-state index in [1.54, 1.807) is 0 Å². The molecule has 0 bridgehead atoms. The fraction of sp³-hybridized carbons (Fsp3) is 0.333. The summed E-state index contributed by atoms with van der Waals surface area (Å²) < 4.78 is 0. The Labute approximate surface area is 43.2 Å². The van der Waals surface area contributed by atoms with Gasteiger partial charge in [0.05, 0.1) is 6.20 Å². The van der Waals surface area contributed by atoms with Gasteiger partial charge in [-0.3, -0.25) is 0 Å². The molecule has 0 N–H and O–H groups in total. The summed E-state index contributed by atoms with van der Waals surface area (Å²) >= 11 is 0. The molecule has 1 fully saturated rings. The molecule has 0 aliphatic carbocycles. The van der Waals surface area contributed by atoms with Crippen molar-refractivity contribution in [2.24, 2.45) is 0 Å². The number of hydrogen-bond donors (Lipinski definition) is 0. The van der Waals surface area contributed by atoms with Gasteiger partial charge < -0.3 is 4.90 Å². The molecule has 1 rings (SSSR count). The van der Waals surface area contributed by atoms with Crippen LogP contribution in [0.3, 0.4) is 0 Å². The molecule has 1 nitrogen and oxygen atoms in total. The predicted octanol–water partition coefficient (Wildman–Crippen LogP) is 0.756. The van der Waals surface area contributed by atoms with E-state index < -0.39 is 0 Å². The summed E-state index contributed by atoms with van der Waals surface area (Å²) in [7, 11) is 0. The first-order valence-corrected chi connectivity index (χ1v) is 2.28. The molecule has 0 saturated carbocycles. The minimum Gasteiger partial charge on any atom is -0.367 e. The van der Waals surface area contributed by atoms with Crippen molar-refractivity contribution in [3.63, 3.8) is 0 Å². The van der Waals surface area contributed by atoms with Crippen LogP contribution < -0.4 is 0 Å². The van der Waals surface area contributed by atoms with Gasteiger partial charge in [0, 0.05) is 13.1 Å². The lowest BCUT2D eigenvalue weighted by molar-refractivity contribution is 0.775. The molecule has 36 valence electrons. The van der Waals surface area contributed by atoms with Crippen LogP contribution in [0.1, 0.15) is 0 Å². The van der Waals surface area contributed by atoms with Crippen molar-refractivity contribution in [1.29, 1.82) is 0 Å². The van der Waals surface area contributed by atoms with Gasteiger partial charge in [-0.15, -0.1) is 0 Å². The molecule has 0 aromatic rings. The normalized spacial score (nSPS) is 14.6. The fourth-order valence-corrected chi connectivity index (χ4v) is 0.324. The highest BCUT2D eigenvalue weighted by Gasteiger charge is 2.09. The van der Waals surface area contributed by atoms with Gasteiger partial charge >= 0.3 is 0 Å². The van der Waals surface area contributed by atoms with E-state index in [1.165, 1.54) is 13.1 Å². The van der Waals surface area contributed by atoms with Crippen LogP contribution in [0.2, 0.25) is 0 Å². The summed E-state index contributed by atoms with van der Waals surface area (Å²) in [6, 6.07) is 0. The average molecular weight is 93.1 g/mol. The summed E-state index contributed by atoms with van der Waals surface area (Å²) in [5, 5.41) is 0. The summed E-state index contributed by atoms with van der Waals surface area (Å²) in [6.07, 6.45) is 1.87. The van der Waals surface area contributed by atoms with Gasteiger partial charge in [0.25, 0.3) is 0 Å².